The molecule has 1 fully saturated rings. The minimum Gasteiger partial charge on any atom is -0.349 e. The number of halogens is 1. The number of rotatable bonds is 6. The summed E-state index contributed by atoms with van der Waals surface area (Å²) in [6.45, 7) is 9.16. The van der Waals surface area contributed by atoms with E-state index in [1.165, 1.54) is 10.4 Å². The van der Waals surface area contributed by atoms with E-state index in [4.69, 9.17) is 0 Å². The molecule has 0 bridgehead atoms. The summed E-state index contributed by atoms with van der Waals surface area (Å²) in [4.78, 5) is 12.8. The molecule has 2 rings (SSSR count). The lowest BCUT2D eigenvalue weighted by molar-refractivity contribution is 0.0925. The van der Waals surface area contributed by atoms with E-state index in [0.29, 0.717) is 30.3 Å². The molecular weight excluding hydrogens is 374 g/mol. The highest BCUT2D eigenvalue weighted by molar-refractivity contribution is 7.89. The van der Waals surface area contributed by atoms with Crippen LogP contribution in [-0.4, -0.2) is 50.3 Å². The molecule has 148 valence electrons. The van der Waals surface area contributed by atoms with E-state index in [1.807, 2.05) is 13.8 Å². The minimum atomic E-state index is -3.59. The van der Waals surface area contributed by atoms with Crippen molar-refractivity contribution in [2.24, 2.45) is 0 Å². The number of nitrogens with one attached hydrogen (secondary N) is 2. The maximum Gasteiger partial charge on any atom is 0.251 e. The van der Waals surface area contributed by atoms with Crippen LogP contribution in [-0.2, 0) is 10.0 Å². The molecule has 1 aliphatic rings. The first-order valence-electron chi connectivity index (χ1n) is 8.94. The largest absolute Gasteiger partial charge is 0.349 e. The summed E-state index contributed by atoms with van der Waals surface area (Å²) < 4.78 is 27.0. The zero-order chi connectivity index (χ0) is 18.6. The van der Waals surface area contributed by atoms with Crippen LogP contribution in [0.5, 0.6) is 0 Å². The van der Waals surface area contributed by atoms with E-state index in [9.17, 15) is 13.2 Å². The molecule has 8 heteroatoms. The Morgan fingerprint density at radius 3 is 2.54 bits per heavy atom. The fraction of sp³-hybridized carbons (Fsp3) is 0.611. The van der Waals surface area contributed by atoms with Gasteiger partial charge in [-0.15, -0.1) is 12.4 Å². The Kier molecular flexibility index (Phi) is 8.53. The van der Waals surface area contributed by atoms with Crippen LogP contribution in [0.1, 0.15) is 49.5 Å². The number of carbonyl (C=O) groups is 1. The molecule has 1 aliphatic heterocycles. The molecule has 1 saturated heterocycles. The molecule has 1 aromatic rings. The van der Waals surface area contributed by atoms with Crippen molar-refractivity contribution in [3.63, 3.8) is 0 Å². The van der Waals surface area contributed by atoms with Crippen molar-refractivity contribution in [3.05, 3.63) is 29.3 Å². The lowest BCUT2D eigenvalue weighted by Gasteiger charge is -2.28. The van der Waals surface area contributed by atoms with Crippen LogP contribution in [0.3, 0.4) is 0 Å². The molecule has 1 amide bonds. The molecule has 0 saturated carbocycles. The molecule has 2 unspecified atom stereocenters. The number of benzene rings is 1. The van der Waals surface area contributed by atoms with E-state index in [2.05, 4.69) is 17.6 Å². The smallest absolute Gasteiger partial charge is 0.251 e. The van der Waals surface area contributed by atoms with Crippen molar-refractivity contribution in [2.75, 3.05) is 19.6 Å². The SMILES string of the molecule is CCN(CC)S(=O)(=O)c1cc(C(=O)NC2CCNC(C)C2)ccc1C.Cl. The summed E-state index contributed by atoms with van der Waals surface area (Å²) in [6, 6.07) is 5.39. The van der Waals surface area contributed by atoms with Gasteiger partial charge >= 0.3 is 0 Å². The van der Waals surface area contributed by atoms with Crippen molar-refractivity contribution >= 4 is 28.3 Å². The number of nitrogens with zero attached hydrogens (tertiary/aromatic N) is 1. The van der Waals surface area contributed by atoms with E-state index in [-0.39, 0.29) is 29.3 Å². The standard InChI is InChI=1S/C18H29N3O3S.ClH/c1-5-21(6-2)25(23,24)17-12-15(8-7-13(17)3)18(22)20-16-9-10-19-14(4)11-16;/h7-8,12,14,16,19H,5-6,9-11H2,1-4H3,(H,20,22);1H. The normalized spacial score (nSPS) is 20.5. The van der Waals surface area contributed by atoms with Gasteiger partial charge < -0.3 is 10.6 Å². The van der Waals surface area contributed by atoms with E-state index >= 15 is 0 Å². The van der Waals surface area contributed by atoms with Crippen LogP contribution in [0.25, 0.3) is 0 Å². The Morgan fingerprint density at radius 2 is 1.96 bits per heavy atom. The number of piperidine rings is 1. The Morgan fingerprint density at radius 1 is 1.31 bits per heavy atom. The predicted molar refractivity (Wildman–Crippen MR) is 106 cm³/mol. The van der Waals surface area contributed by atoms with Gasteiger partial charge in [0, 0.05) is 30.7 Å². The zero-order valence-electron chi connectivity index (χ0n) is 15.9. The van der Waals surface area contributed by atoms with Gasteiger partial charge in [-0.05, 0) is 50.9 Å². The fourth-order valence-corrected chi connectivity index (χ4v) is 4.96. The summed E-state index contributed by atoms with van der Waals surface area (Å²) in [5.74, 6) is -0.213. The van der Waals surface area contributed by atoms with Crippen LogP contribution in [0.4, 0.5) is 0 Å². The molecular formula is C18H30ClN3O3S. The zero-order valence-corrected chi connectivity index (χ0v) is 17.5. The highest BCUT2D eigenvalue weighted by Crippen LogP contribution is 2.21. The van der Waals surface area contributed by atoms with Gasteiger partial charge in [0.05, 0.1) is 4.90 Å². The van der Waals surface area contributed by atoms with Crippen LogP contribution in [0, 0.1) is 6.92 Å². The van der Waals surface area contributed by atoms with Gasteiger partial charge in [0.15, 0.2) is 0 Å². The number of hydrogen-bond donors (Lipinski definition) is 2. The van der Waals surface area contributed by atoms with Crippen molar-refractivity contribution in [3.8, 4) is 0 Å². The van der Waals surface area contributed by atoms with Crippen molar-refractivity contribution < 1.29 is 13.2 Å². The van der Waals surface area contributed by atoms with Crippen molar-refractivity contribution in [2.45, 2.75) is 57.5 Å². The first kappa shape index (κ1) is 22.9. The maximum absolute atomic E-state index is 12.8. The molecule has 2 N–H and O–H groups in total. The molecule has 0 aliphatic carbocycles. The average Bonchev–Trinajstić information content (AvgIpc) is 2.55. The molecule has 26 heavy (non-hydrogen) atoms. The molecule has 1 heterocycles. The average molecular weight is 404 g/mol. The maximum atomic E-state index is 12.8. The summed E-state index contributed by atoms with van der Waals surface area (Å²) in [7, 11) is -3.59. The van der Waals surface area contributed by atoms with Gasteiger partial charge in [0.1, 0.15) is 0 Å². The fourth-order valence-electron chi connectivity index (χ4n) is 3.25. The predicted octanol–water partition coefficient (Wildman–Crippen LogP) is 2.32. The first-order chi connectivity index (χ1) is 11.8. The van der Waals surface area contributed by atoms with Crippen molar-refractivity contribution in [1.82, 2.24) is 14.9 Å². The van der Waals surface area contributed by atoms with E-state index in [1.54, 1.807) is 19.1 Å². The Hall–Kier alpha value is -1.15. The molecule has 6 nitrogen and oxygen atoms in total. The lowest BCUT2D eigenvalue weighted by Crippen LogP contribution is -2.46. The summed E-state index contributed by atoms with van der Waals surface area (Å²) >= 11 is 0. The van der Waals surface area contributed by atoms with Gasteiger partial charge in [-0.3, -0.25) is 4.79 Å². The molecule has 1 aromatic carbocycles. The van der Waals surface area contributed by atoms with Crippen molar-refractivity contribution in [1.29, 1.82) is 0 Å². The van der Waals surface area contributed by atoms with Crippen LogP contribution >= 0.6 is 12.4 Å². The van der Waals surface area contributed by atoms with Gasteiger partial charge in [0.25, 0.3) is 5.91 Å². The second-order valence-electron chi connectivity index (χ2n) is 6.62. The Bertz CT molecular complexity index is 720. The number of hydrogen-bond acceptors (Lipinski definition) is 4. The van der Waals surface area contributed by atoms with Gasteiger partial charge in [-0.1, -0.05) is 19.9 Å². The summed E-state index contributed by atoms with van der Waals surface area (Å²) in [5, 5.41) is 6.38. The Labute approximate surface area is 163 Å². The third-order valence-electron chi connectivity index (χ3n) is 4.73. The summed E-state index contributed by atoms with van der Waals surface area (Å²) in [6.07, 6.45) is 1.76. The van der Waals surface area contributed by atoms with Gasteiger partial charge in [-0.2, -0.15) is 4.31 Å². The highest BCUT2D eigenvalue weighted by atomic mass is 35.5. The number of amides is 1. The Balaban J connectivity index is 0.00000338. The quantitative estimate of drug-likeness (QED) is 0.764. The summed E-state index contributed by atoms with van der Waals surface area (Å²) in [5.41, 5.74) is 1.04. The van der Waals surface area contributed by atoms with Crippen LogP contribution < -0.4 is 10.6 Å². The van der Waals surface area contributed by atoms with Gasteiger partial charge in [-0.25, -0.2) is 8.42 Å². The second kappa shape index (κ2) is 9.69. The number of carbonyl (C=O) groups excluding carboxylic acids is 1. The number of sulfonamides is 1. The van der Waals surface area contributed by atoms with Crippen LogP contribution in [0.2, 0.25) is 0 Å². The van der Waals surface area contributed by atoms with Gasteiger partial charge in [0.2, 0.25) is 10.0 Å². The van der Waals surface area contributed by atoms with Crippen LogP contribution in [0.15, 0.2) is 23.1 Å². The third kappa shape index (κ3) is 5.19. The second-order valence-corrected chi connectivity index (χ2v) is 8.53. The molecule has 0 radical (unpaired) electrons. The minimum absolute atomic E-state index is 0. The first-order valence-corrected chi connectivity index (χ1v) is 10.4. The molecule has 2 atom stereocenters. The van der Waals surface area contributed by atoms with E-state index < -0.39 is 10.0 Å². The highest BCUT2D eigenvalue weighted by Gasteiger charge is 2.26. The molecule has 0 spiro atoms. The lowest BCUT2D eigenvalue weighted by atomic mass is 10.00. The molecule has 0 aromatic heterocycles. The van der Waals surface area contributed by atoms with E-state index in [0.717, 1.165) is 19.4 Å². The monoisotopic (exact) mass is 403 g/mol. The topological polar surface area (TPSA) is 78.5 Å². The number of aryl methyl sites for hydroxylation is 1. The third-order valence-corrected chi connectivity index (χ3v) is 6.92.